The highest BCUT2D eigenvalue weighted by Gasteiger charge is 2.52. The molecule has 0 bridgehead atoms. The van der Waals surface area contributed by atoms with Crippen LogP contribution in [0, 0.1) is 0 Å². The maximum absolute atomic E-state index is 12.7. The van der Waals surface area contributed by atoms with Crippen molar-refractivity contribution in [3.63, 3.8) is 0 Å². The summed E-state index contributed by atoms with van der Waals surface area (Å²) in [6, 6.07) is 7.59. The summed E-state index contributed by atoms with van der Waals surface area (Å²) in [5, 5.41) is 9.60. The Kier molecular flexibility index (Phi) is 4.48. The second-order valence-corrected chi connectivity index (χ2v) is 5.49. The lowest BCUT2D eigenvalue weighted by Crippen LogP contribution is -2.40. The van der Waals surface area contributed by atoms with Crippen molar-refractivity contribution >= 4 is 17.5 Å². The summed E-state index contributed by atoms with van der Waals surface area (Å²) in [5.74, 6) is 0.186. The van der Waals surface area contributed by atoms with E-state index in [9.17, 15) is 4.79 Å². The molecule has 0 radical (unpaired) electrons. The van der Waals surface area contributed by atoms with Crippen LogP contribution in [0.3, 0.4) is 0 Å². The fraction of sp³-hybridized carbons (Fsp3) is 0.533. The maximum atomic E-state index is 12.7. The summed E-state index contributed by atoms with van der Waals surface area (Å²) in [7, 11) is 0. The lowest BCUT2D eigenvalue weighted by molar-refractivity contribution is -0.133. The van der Waals surface area contributed by atoms with Crippen LogP contribution in [0.4, 0.5) is 0 Å². The van der Waals surface area contributed by atoms with Gasteiger partial charge in [0.15, 0.2) is 0 Å². The van der Waals surface area contributed by atoms with Gasteiger partial charge in [0.25, 0.3) is 0 Å². The molecule has 0 atom stereocenters. The van der Waals surface area contributed by atoms with Crippen molar-refractivity contribution in [2.45, 2.75) is 31.6 Å². The van der Waals surface area contributed by atoms with Gasteiger partial charge in [-0.05, 0) is 43.9 Å². The SMILES string of the molecule is CCN(CCCO)C(=O)C1(c2ccc(Cl)cc2)CC1. The average molecular weight is 282 g/mol. The van der Waals surface area contributed by atoms with Crippen molar-refractivity contribution in [1.29, 1.82) is 0 Å². The minimum atomic E-state index is -0.337. The van der Waals surface area contributed by atoms with Crippen molar-refractivity contribution in [3.05, 3.63) is 34.9 Å². The Labute approximate surface area is 119 Å². The molecular formula is C15H20ClNO2. The van der Waals surface area contributed by atoms with Gasteiger partial charge in [-0.25, -0.2) is 0 Å². The Bertz CT molecular complexity index is 440. The molecule has 0 spiro atoms. The quantitative estimate of drug-likeness (QED) is 0.871. The number of amides is 1. The molecule has 1 aromatic rings. The number of carbonyl (C=O) groups excluding carboxylic acids is 1. The Morgan fingerprint density at radius 1 is 1.37 bits per heavy atom. The van der Waals surface area contributed by atoms with E-state index >= 15 is 0 Å². The number of nitrogens with zero attached hydrogens (tertiary/aromatic N) is 1. The third-order valence-electron chi connectivity index (χ3n) is 3.81. The Morgan fingerprint density at radius 3 is 2.47 bits per heavy atom. The van der Waals surface area contributed by atoms with Gasteiger partial charge in [0.2, 0.25) is 5.91 Å². The predicted molar refractivity (Wildman–Crippen MR) is 76.3 cm³/mol. The molecule has 1 N–H and O–H groups in total. The molecule has 2 rings (SSSR count). The summed E-state index contributed by atoms with van der Waals surface area (Å²) < 4.78 is 0. The van der Waals surface area contributed by atoms with Crippen LogP contribution < -0.4 is 0 Å². The molecule has 0 heterocycles. The van der Waals surface area contributed by atoms with Gasteiger partial charge < -0.3 is 10.0 Å². The molecule has 1 aliphatic carbocycles. The van der Waals surface area contributed by atoms with Gasteiger partial charge in [-0.15, -0.1) is 0 Å². The van der Waals surface area contributed by atoms with E-state index < -0.39 is 0 Å². The third kappa shape index (κ3) is 2.93. The minimum Gasteiger partial charge on any atom is -0.396 e. The zero-order valence-corrected chi connectivity index (χ0v) is 12.0. The van der Waals surface area contributed by atoms with Crippen molar-refractivity contribution in [3.8, 4) is 0 Å². The first-order valence-corrected chi connectivity index (χ1v) is 7.18. The fourth-order valence-electron chi connectivity index (χ4n) is 2.49. The van der Waals surface area contributed by atoms with Crippen molar-refractivity contribution in [1.82, 2.24) is 4.90 Å². The third-order valence-corrected chi connectivity index (χ3v) is 4.06. The summed E-state index contributed by atoms with van der Waals surface area (Å²) in [6.07, 6.45) is 2.45. The summed E-state index contributed by atoms with van der Waals surface area (Å²) in [6.45, 7) is 3.42. The van der Waals surface area contributed by atoms with E-state index in [2.05, 4.69) is 0 Å². The molecule has 1 saturated carbocycles. The van der Waals surface area contributed by atoms with Crippen LogP contribution in [-0.4, -0.2) is 35.6 Å². The van der Waals surface area contributed by atoms with Crippen LogP contribution in [0.15, 0.2) is 24.3 Å². The zero-order valence-electron chi connectivity index (χ0n) is 11.2. The molecule has 19 heavy (non-hydrogen) atoms. The average Bonchev–Trinajstić information content (AvgIpc) is 3.22. The maximum Gasteiger partial charge on any atom is 0.233 e. The summed E-state index contributed by atoms with van der Waals surface area (Å²) in [5.41, 5.74) is 0.722. The Morgan fingerprint density at radius 2 is 2.00 bits per heavy atom. The number of hydrogen-bond acceptors (Lipinski definition) is 2. The van der Waals surface area contributed by atoms with E-state index in [0.717, 1.165) is 18.4 Å². The van der Waals surface area contributed by atoms with Gasteiger partial charge in [-0.1, -0.05) is 23.7 Å². The highest BCUT2D eigenvalue weighted by Crippen LogP contribution is 2.49. The summed E-state index contributed by atoms with van der Waals surface area (Å²) in [4.78, 5) is 14.5. The molecule has 1 amide bonds. The highest BCUT2D eigenvalue weighted by molar-refractivity contribution is 6.30. The number of rotatable bonds is 6. The van der Waals surface area contributed by atoms with Crippen molar-refractivity contribution in [2.75, 3.05) is 19.7 Å². The number of carbonyl (C=O) groups is 1. The van der Waals surface area contributed by atoms with E-state index in [-0.39, 0.29) is 17.9 Å². The number of hydrogen-bond donors (Lipinski definition) is 1. The minimum absolute atomic E-state index is 0.123. The number of aliphatic hydroxyl groups excluding tert-OH is 1. The van der Waals surface area contributed by atoms with Crippen LogP contribution in [-0.2, 0) is 10.2 Å². The number of aliphatic hydroxyl groups is 1. The lowest BCUT2D eigenvalue weighted by Gasteiger charge is -2.26. The zero-order chi connectivity index (χ0) is 13.9. The molecule has 3 nitrogen and oxygen atoms in total. The van der Waals surface area contributed by atoms with Crippen LogP contribution in [0.1, 0.15) is 31.7 Å². The lowest BCUT2D eigenvalue weighted by atomic mass is 9.94. The number of halogens is 1. The molecule has 4 heteroatoms. The first-order valence-electron chi connectivity index (χ1n) is 6.80. The second kappa shape index (κ2) is 5.93. The van der Waals surface area contributed by atoms with Gasteiger partial charge in [0.1, 0.15) is 0 Å². The molecule has 1 aliphatic rings. The molecule has 104 valence electrons. The number of benzene rings is 1. The van der Waals surface area contributed by atoms with E-state index in [1.54, 1.807) is 0 Å². The van der Waals surface area contributed by atoms with E-state index in [1.807, 2.05) is 36.1 Å². The number of likely N-dealkylation sites (N-methyl/N-ethyl adjacent to an activating group) is 1. The van der Waals surface area contributed by atoms with Gasteiger partial charge in [-0.3, -0.25) is 4.79 Å². The van der Waals surface area contributed by atoms with E-state index in [4.69, 9.17) is 16.7 Å². The van der Waals surface area contributed by atoms with Gasteiger partial charge in [-0.2, -0.15) is 0 Å². The van der Waals surface area contributed by atoms with E-state index in [1.165, 1.54) is 0 Å². The van der Waals surface area contributed by atoms with Crippen LogP contribution in [0.2, 0.25) is 5.02 Å². The Hall–Kier alpha value is -1.06. The predicted octanol–water partition coefficient (Wildman–Crippen LogP) is 2.60. The molecule has 0 aliphatic heterocycles. The molecule has 1 fully saturated rings. The Balaban J connectivity index is 2.15. The largest absolute Gasteiger partial charge is 0.396 e. The van der Waals surface area contributed by atoms with Gasteiger partial charge >= 0.3 is 0 Å². The standard InChI is InChI=1S/C15H20ClNO2/c1-2-17(10-3-11-18)14(19)15(8-9-15)12-4-6-13(16)7-5-12/h4-7,18H,2-3,8-11H2,1H3. The van der Waals surface area contributed by atoms with Crippen LogP contribution in [0.25, 0.3) is 0 Å². The second-order valence-electron chi connectivity index (χ2n) is 5.05. The molecule has 1 aromatic carbocycles. The normalized spacial score (nSPS) is 16.2. The van der Waals surface area contributed by atoms with Crippen LogP contribution in [0.5, 0.6) is 0 Å². The smallest absolute Gasteiger partial charge is 0.233 e. The van der Waals surface area contributed by atoms with Crippen LogP contribution >= 0.6 is 11.6 Å². The molecule has 0 saturated heterocycles. The van der Waals surface area contributed by atoms with Gasteiger partial charge in [0, 0.05) is 24.7 Å². The monoisotopic (exact) mass is 281 g/mol. The first kappa shape index (κ1) is 14.4. The van der Waals surface area contributed by atoms with Crippen molar-refractivity contribution < 1.29 is 9.90 Å². The molecule has 0 unspecified atom stereocenters. The van der Waals surface area contributed by atoms with E-state index in [0.29, 0.717) is 24.5 Å². The topological polar surface area (TPSA) is 40.5 Å². The highest BCUT2D eigenvalue weighted by atomic mass is 35.5. The van der Waals surface area contributed by atoms with Gasteiger partial charge in [0.05, 0.1) is 5.41 Å². The molecular weight excluding hydrogens is 262 g/mol. The summed E-state index contributed by atoms with van der Waals surface area (Å²) >= 11 is 5.90. The van der Waals surface area contributed by atoms with Crippen molar-refractivity contribution in [2.24, 2.45) is 0 Å². The first-order chi connectivity index (χ1) is 9.14. The fourth-order valence-corrected chi connectivity index (χ4v) is 2.61. The molecule has 0 aromatic heterocycles.